The molecule has 0 aromatic heterocycles. The summed E-state index contributed by atoms with van der Waals surface area (Å²) in [5.74, 6) is 2.59. The van der Waals surface area contributed by atoms with Gasteiger partial charge < -0.3 is 5.11 Å². The molecular formula is C10H16O3. The Kier molecular flexibility index (Phi) is 3.46. The predicted molar refractivity (Wildman–Crippen MR) is 48.3 cm³/mol. The van der Waals surface area contributed by atoms with Gasteiger partial charge >= 0.3 is 0 Å². The Labute approximate surface area is 78.1 Å². The van der Waals surface area contributed by atoms with Crippen LogP contribution in [0.4, 0.5) is 0 Å². The Bertz CT molecular complexity index is 200. The van der Waals surface area contributed by atoms with Gasteiger partial charge in [0.15, 0.2) is 0 Å². The maximum Gasteiger partial charge on any atom is 0.290 e. The van der Waals surface area contributed by atoms with Crippen molar-refractivity contribution in [3.63, 3.8) is 0 Å². The zero-order chi connectivity index (χ0) is 9.84. The number of ketones is 1. The first-order valence-corrected chi connectivity index (χ1v) is 4.77. The fraction of sp³-hybridized carbons (Fsp3) is 0.800. The molecule has 2 unspecified atom stereocenters. The minimum absolute atomic E-state index is 0.250. The van der Waals surface area contributed by atoms with Crippen molar-refractivity contribution in [1.29, 1.82) is 0 Å². The van der Waals surface area contributed by atoms with E-state index in [9.17, 15) is 4.79 Å². The third-order valence-electron chi connectivity index (χ3n) is 3.26. The third kappa shape index (κ3) is 2.29. The van der Waals surface area contributed by atoms with Crippen molar-refractivity contribution in [2.24, 2.45) is 17.8 Å². The van der Waals surface area contributed by atoms with E-state index in [2.05, 4.69) is 0 Å². The maximum atomic E-state index is 11.0. The number of hydrogen-bond acceptors (Lipinski definition) is 2. The molecule has 1 N–H and O–H groups in total. The van der Waals surface area contributed by atoms with Crippen LogP contribution in [0, 0.1) is 17.8 Å². The summed E-state index contributed by atoms with van der Waals surface area (Å²) in [5.41, 5.74) is 0. The van der Waals surface area contributed by atoms with E-state index in [1.165, 1.54) is 25.7 Å². The SMILES string of the molecule is CC(=O)[C@H]1CC2CCC1C2.O=CO. The van der Waals surface area contributed by atoms with Crippen molar-refractivity contribution in [3.05, 3.63) is 0 Å². The van der Waals surface area contributed by atoms with Crippen LogP contribution in [0.15, 0.2) is 0 Å². The van der Waals surface area contributed by atoms with Crippen LogP contribution in [0.2, 0.25) is 0 Å². The molecule has 0 heterocycles. The molecule has 0 radical (unpaired) electrons. The highest BCUT2D eigenvalue weighted by atomic mass is 16.3. The van der Waals surface area contributed by atoms with Crippen LogP contribution in [-0.2, 0) is 9.59 Å². The van der Waals surface area contributed by atoms with Gasteiger partial charge in [0.05, 0.1) is 0 Å². The molecule has 3 atom stereocenters. The number of carbonyl (C=O) groups excluding carboxylic acids is 1. The Morgan fingerprint density at radius 2 is 2.00 bits per heavy atom. The van der Waals surface area contributed by atoms with Gasteiger partial charge in [-0.05, 0) is 38.0 Å². The smallest absolute Gasteiger partial charge is 0.290 e. The van der Waals surface area contributed by atoms with Gasteiger partial charge in [-0.2, -0.15) is 0 Å². The van der Waals surface area contributed by atoms with E-state index in [4.69, 9.17) is 9.90 Å². The van der Waals surface area contributed by atoms with Gasteiger partial charge in [0.1, 0.15) is 5.78 Å². The van der Waals surface area contributed by atoms with Crippen LogP contribution in [0.5, 0.6) is 0 Å². The Morgan fingerprint density at radius 3 is 2.23 bits per heavy atom. The average molecular weight is 184 g/mol. The van der Waals surface area contributed by atoms with Gasteiger partial charge in [-0.25, -0.2) is 0 Å². The number of carboxylic acid groups (broad SMARTS) is 1. The topological polar surface area (TPSA) is 54.4 Å². The van der Waals surface area contributed by atoms with E-state index in [1.54, 1.807) is 6.92 Å². The molecule has 2 aliphatic carbocycles. The van der Waals surface area contributed by atoms with E-state index in [1.807, 2.05) is 0 Å². The molecule has 2 fully saturated rings. The van der Waals surface area contributed by atoms with Crippen molar-refractivity contribution in [2.45, 2.75) is 32.6 Å². The molecule has 2 rings (SSSR count). The second-order valence-electron chi connectivity index (χ2n) is 4.00. The van der Waals surface area contributed by atoms with Gasteiger partial charge in [0, 0.05) is 5.92 Å². The quantitative estimate of drug-likeness (QED) is 0.631. The summed E-state index contributed by atoms with van der Waals surface area (Å²) in [5, 5.41) is 6.89. The van der Waals surface area contributed by atoms with Crippen LogP contribution in [0.25, 0.3) is 0 Å². The van der Waals surface area contributed by atoms with E-state index in [-0.39, 0.29) is 6.47 Å². The minimum Gasteiger partial charge on any atom is -0.483 e. The first kappa shape index (κ1) is 10.2. The molecule has 3 nitrogen and oxygen atoms in total. The molecule has 0 aromatic rings. The van der Waals surface area contributed by atoms with Gasteiger partial charge in [-0.1, -0.05) is 6.42 Å². The van der Waals surface area contributed by atoms with Crippen molar-refractivity contribution >= 4 is 12.3 Å². The van der Waals surface area contributed by atoms with Crippen molar-refractivity contribution < 1.29 is 14.7 Å². The monoisotopic (exact) mass is 184 g/mol. The molecular weight excluding hydrogens is 168 g/mol. The zero-order valence-corrected chi connectivity index (χ0v) is 7.90. The summed E-state index contributed by atoms with van der Waals surface area (Å²) in [6, 6.07) is 0. The normalized spacial score (nSPS) is 35.0. The lowest BCUT2D eigenvalue weighted by atomic mass is 9.86. The largest absolute Gasteiger partial charge is 0.483 e. The Balaban J connectivity index is 0.000000251. The number of carbonyl (C=O) groups is 2. The first-order valence-electron chi connectivity index (χ1n) is 4.77. The molecule has 3 heteroatoms. The molecule has 0 aliphatic heterocycles. The molecule has 74 valence electrons. The summed E-state index contributed by atoms with van der Waals surface area (Å²) in [6.07, 6.45) is 5.29. The maximum absolute atomic E-state index is 11.0. The Morgan fingerprint density at radius 1 is 1.38 bits per heavy atom. The first-order chi connectivity index (χ1) is 6.19. The highest BCUT2D eigenvalue weighted by Gasteiger charge is 2.41. The summed E-state index contributed by atoms with van der Waals surface area (Å²) >= 11 is 0. The molecule has 13 heavy (non-hydrogen) atoms. The van der Waals surface area contributed by atoms with Crippen LogP contribution in [0.1, 0.15) is 32.6 Å². The van der Waals surface area contributed by atoms with E-state index >= 15 is 0 Å². The van der Waals surface area contributed by atoms with Crippen molar-refractivity contribution in [1.82, 2.24) is 0 Å². The summed E-state index contributed by atoms with van der Waals surface area (Å²) < 4.78 is 0. The van der Waals surface area contributed by atoms with Crippen LogP contribution in [0.3, 0.4) is 0 Å². The molecule has 0 saturated heterocycles. The second-order valence-corrected chi connectivity index (χ2v) is 4.00. The Hall–Kier alpha value is -0.860. The van der Waals surface area contributed by atoms with Gasteiger partial charge in [-0.3, -0.25) is 9.59 Å². The fourth-order valence-corrected chi connectivity index (χ4v) is 2.74. The lowest BCUT2D eigenvalue weighted by molar-refractivity contribution is -0.123. The standard InChI is InChI=1S/C9H14O.CH2O2/c1-6(10)9-5-7-2-3-8(9)4-7;2-1-3/h7-9H,2-5H2,1H3;1H,(H,2,3)/t7?,8?,9-;/m1./s1. The molecule has 0 amide bonds. The van der Waals surface area contributed by atoms with Gasteiger partial charge in [0.25, 0.3) is 6.47 Å². The van der Waals surface area contributed by atoms with E-state index < -0.39 is 0 Å². The number of rotatable bonds is 1. The molecule has 2 saturated carbocycles. The van der Waals surface area contributed by atoms with Crippen LogP contribution < -0.4 is 0 Å². The predicted octanol–water partition coefficient (Wildman–Crippen LogP) is 1.71. The molecule has 0 spiro atoms. The number of Topliss-reactive ketones (excluding diaryl/α,β-unsaturated/α-hetero) is 1. The molecule has 0 aromatic carbocycles. The summed E-state index contributed by atoms with van der Waals surface area (Å²) in [4.78, 5) is 19.4. The summed E-state index contributed by atoms with van der Waals surface area (Å²) in [6.45, 7) is 1.51. The van der Waals surface area contributed by atoms with Crippen LogP contribution >= 0.6 is 0 Å². The second kappa shape index (κ2) is 4.40. The minimum atomic E-state index is -0.250. The van der Waals surface area contributed by atoms with Crippen molar-refractivity contribution in [2.75, 3.05) is 0 Å². The summed E-state index contributed by atoms with van der Waals surface area (Å²) in [7, 11) is 0. The van der Waals surface area contributed by atoms with Gasteiger partial charge in [0.2, 0.25) is 0 Å². The highest BCUT2D eigenvalue weighted by Crippen LogP contribution is 2.48. The zero-order valence-electron chi connectivity index (χ0n) is 7.90. The lowest BCUT2D eigenvalue weighted by Crippen LogP contribution is -2.17. The van der Waals surface area contributed by atoms with Gasteiger partial charge in [-0.15, -0.1) is 0 Å². The number of hydrogen-bond donors (Lipinski definition) is 1. The fourth-order valence-electron chi connectivity index (χ4n) is 2.74. The van der Waals surface area contributed by atoms with E-state index in [0.29, 0.717) is 11.7 Å². The van der Waals surface area contributed by atoms with E-state index in [0.717, 1.165) is 11.8 Å². The highest BCUT2D eigenvalue weighted by molar-refractivity contribution is 5.79. The van der Waals surface area contributed by atoms with Crippen LogP contribution in [-0.4, -0.2) is 17.4 Å². The third-order valence-corrected chi connectivity index (χ3v) is 3.26. The number of fused-ring (bicyclic) bond motifs is 2. The average Bonchev–Trinajstić information content (AvgIpc) is 2.64. The van der Waals surface area contributed by atoms with Crippen molar-refractivity contribution in [3.8, 4) is 0 Å². The molecule has 2 aliphatic rings. The molecule has 2 bridgehead atoms. The lowest BCUT2D eigenvalue weighted by Gasteiger charge is -2.17.